The molecule has 1 aromatic rings. The number of carbonyl (C=O) groups excluding carboxylic acids is 1. The van der Waals surface area contributed by atoms with Gasteiger partial charge < -0.3 is 19.9 Å². The minimum Gasteiger partial charge on any atom is -0.381 e. The fourth-order valence-corrected chi connectivity index (χ4v) is 2.01. The quantitative estimate of drug-likeness (QED) is 0.806. The van der Waals surface area contributed by atoms with E-state index in [0.29, 0.717) is 12.5 Å². The summed E-state index contributed by atoms with van der Waals surface area (Å²) < 4.78 is 7.20. The first-order valence-corrected chi connectivity index (χ1v) is 6.32. The van der Waals surface area contributed by atoms with Crippen molar-refractivity contribution >= 4 is 6.03 Å². The molecule has 2 atom stereocenters. The average molecular weight is 252 g/mol. The molecule has 1 aromatic heterocycles. The van der Waals surface area contributed by atoms with Crippen LogP contribution in [0.4, 0.5) is 4.79 Å². The van der Waals surface area contributed by atoms with Gasteiger partial charge in [0.15, 0.2) is 0 Å². The Morgan fingerprint density at radius 2 is 2.56 bits per heavy atom. The van der Waals surface area contributed by atoms with Gasteiger partial charge in [-0.25, -0.2) is 9.78 Å². The fraction of sp³-hybridized carbons (Fsp3) is 0.667. The molecule has 0 aliphatic carbocycles. The van der Waals surface area contributed by atoms with E-state index >= 15 is 0 Å². The molecule has 2 rings (SSSR count). The summed E-state index contributed by atoms with van der Waals surface area (Å²) in [5, 5.41) is 5.78. The number of aromatic nitrogens is 2. The van der Waals surface area contributed by atoms with E-state index < -0.39 is 0 Å². The van der Waals surface area contributed by atoms with Crippen LogP contribution in [0.25, 0.3) is 0 Å². The maximum atomic E-state index is 11.7. The van der Waals surface area contributed by atoms with Crippen molar-refractivity contribution in [3.63, 3.8) is 0 Å². The van der Waals surface area contributed by atoms with Gasteiger partial charge in [0.1, 0.15) is 0 Å². The third-order valence-corrected chi connectivity index (χ3v) is 3.00. The highest BCUT2D eigenvalue weighted by Gasteiger charge is 2.16. The number of ether oxygens (including phenoxy) is 1. The number of urea groups is 1. The Hall–Kier alpha value is -1.56. The van der Waals surface area contributed by atoms with Gasteiger partial charge in [0, 0.05) is 44.0 Å². The van der Waals surface area contributed by atoms with Crippen LogP contribution in [-0.2, 0) is 11.3 Å². The molecule has 0 spiro atoms. The molecule has 0 saturated carbocycles. The summed E-state index contributed by atoms with van der Waals surface area (Å²) in [7, 11) is 0. The molecule has 1 fully saturated rings. The number of nitrogens with one attached hydrogen (secondary N) is 2. The van der Waals surface area contributed by atoms with E-state index in [1.807, 2.05) is 17.7 Å². The lowest BCUT2D eigenvalue weighted by Gasteiger charge is -2.16. The van der Waals surface area contributed by atoms with Crippen LogP contribution in [0, 0.1) is 5.92 Å². The summed E-state index contributed by atoms with van der Waals surface area (Å²) in [6.07, 6.45) is 6.38. The van der Waals surface area contributed by atoms with Crippen molar-refractivity contribution in [2.75, 3.05) is 19.8 Å². The number of carbonyl (C=O) groups is 1. The minimum atomic E-state index is -0.116. The Morgan fingerprint density at radius 3 is 3.22 bits per heavy atom. The predicted molar refractivity (Wildman–Crippen MR) is 67.1 cm³/mol. The van der Waals surface area contributed by atoms with E-state index in [9.17, 15) is 4.79 Å². The molecule has 0 unspecified atom stereocenters. The van der Waals surface area contributed by atoms with Crippen LogP contribution in [0.2, 0.25) is 0 Å². The number of nitrogens with zero attached hydrogens (tertiary/aromatic N) is 2. The van der Waals surface area contributed by atoms with Crippen molar-refractivity contribution in [2.24, 2.45) is 5.92 Å². The Balaban J connectivity index is 1.63. The van der Waals surface area contributed by atoms with Crippen LogP contribution in [0.5, 0.6) is 0 Å². The second-order valence-corrected chi connectivity index (χ2v) is 4.74. The molecule has 0 aromatic carbocycles. The van der Waals surface area contributed by atoms with E-state index in [1.54, 1.807) is 12.5 Å². The number of amides is 2. The van der Waals surface area contributed by atoms with Gasteiger partial charge in [-0.1, -0.05) is 0 Å². The molecule has 6 nitrogen and oxygen atoms in total. The Labute approximate surface area is 107 Å². The van der Waals surface area contributed by atoms with Gasteiger partial charge in [0.05, 0.1) is 12.9 Å². The zero-order chi connectivity index (χ0) is 12.8. The molecule has 2 N–H and O–H groups in total. The first kappa shape index (κ1) is 12.9. The van der Waals surface area contributed by atoms with E-state index in [0.717, 1.165) is 26.2 Å². The Bertz CT molecular complexity index is 360. The second kappa shape index (κ2) is 6.39. The highest BCUT2D eigenvalue weighted by molar-refractivity contribution is 5.74. The molecule has 1 aliphatic rings. The van der Waals surface area contributed by atoms with E-state index in [2.05, 4.69) is 15.6 Å². The van der Waals surface area contributed by atoms with Crippen LogP contribution >= 0.6 is 0 Å². The molecule has 0 bridgehead atoms. The van der Waals surface area contributed by atoms with Crippen LogP contribution in [0.3, 0.4) is 0 Å². The highest BCUT2D eigenvalue weighted by Crippen LogP contribution is 2.10. The standard InChI is InChI=1S/C12H20N4O2/c1-10(7-16-4-3-13-9-16)15-12(17)14-6-11-2-5-18-8-11/h3-4,9-11H,2,5-8H2,1H3,(H2,14,15,17)/t10-,11-/m0/s1. The van der Waals surface area contributed by atoms with Gasteiger partial charge in [-0.2, -0.15) is 0 Å². The monoisotopic (exact) mass is 252 g/mol. The second-order valence-electron chi connectivity index (χ2n) is 4.74. The van der Waals surface area contributed by atoms with Crippen molar-refractivity contribution in [3.8, 4) is 0 Å². The lowest BCUT2D eigenvalue weighted by Crippen LogP contribution is -2.44. The minimum absolute atomic E-state index is 0.0685. The Kier molecular flexibility index (Phi) is 4.58. The third kappa shape index (κ3) is 4.03. The molecule has 2 heterocycles. The third-order valence-electron chi connectivity index (χ3n) is 3.00. The number of hydrogen-bond acceptors (Lipinski definition) is 3. The average Bonchev–Trinajstić information content (AvgIpc) is 2.98. The van der Waals surface area contributed by atoms with E-state index in [1.165, 1.54) is 0 Å². The smallest absolute Gasteiger partial charge is 0.315 e. The highest BCUT2D eigenvalue weighted by atomic mass is 16.5. The van der Waals surface area contributed by atoms with Crippen LogP contribution in [-0.4, -0.2) is 41.4 Å². The summed E-state index contributed by atoms with van der Waals surface area (Å²) in [5.74, 6) is 0.458. The molecular weight excluding hydrogens is 232 g/mol. The van der Waals surface area contributed by atoms with Crippen LogP contribution < -0.4 is 10.6 Å². The number of imidazole rings is 1. The van der Waals surface area contributed by atoms with Crippen molar-refractivity contribution < 1.29 is 9.53 Å². The van der Waals surface area contributed by atoms with E-state index in [4.69, 9.17) is 4.74 Å². The summed E-state index contributed by atoms with van der Waals surface area (Å²) >= 11 is 0. The summed E-state index contributed by atoms with van der Waals surface area (Å²) in [6.45, 7) is 4.94. The summed E-state index contributed by atoms with van der Waals surface area (Å²) in [6, 6.07) is -0.0476. The van der Waals surface area contributed by atoms with Crippen molar-refractivity contribution in [3.05, 3.63) is 18.7 Å². The molecular formula is C12H20N4O2. The fourth-order valence-electron chi connectivity index (χ4n) is 2.01. The lowest BCUT2D eigenvalue weighted by molar-refractivity contribution is 0.185. The first-order valence-electron chi connectivity index (χ1n) is 6.32. The predicted octanol–water partition coefficient (Wildman–Crippen LogP) is 0.607. The molecule has 2 amide bonds. The molecule has 100 valence electrons. The van der Waals surface area contributed by atoms with Crippen molar-refractivity contribution in [1.82, 2.24) is 20.2 Å². The van der Waals surface area contributed by atoms with Crippen molar-refractivity contribution in [2.45, 2.75) is 25.9 Å². The largest absolute Gasteiger partial charge is 0.381 e. The number of rotatable bonds is 5. The lowest BCUT2D eigenvalue weighted by atomic mass is 10.1. The van der Waals surface area contributed by atoms with Gasteiger partial charge in [0.2, 0.25) is 0 Å². The molecule has 18 heavy (non-hydrogen) atoms. The molecule has 6 heteroatoms. The van der Waals surface area contributed by atoms with Gasteiger partial charge in [0.25, 0.3) is 0 Å². The van der Waals surface area contributed by atoms with Gasteiger partial charge in [-0.05, 0) is 13.3 Å². The molecule has 0 radical (unpaired) electrons. The SMILES string of the molecule is C[C@@H](Cn1ccnc1)NC(=O)NC[C@@H]1CCOC1. The van der Waals surface area contributed by atoms with E-state index in [-0.39, 0.29) is 12.1 Å². The maximum absolute atomic E-state index is 11.7. The van der Waals surface area contributed by atoms with Crippen molar-refractivity contribution in [1.29, 1.82) is 0 Å². The summed E-state index contributed by atoms with van der Waals surface area (Å²) in [5.41, 5.74) is 0. The molecule has 1 aliphatic heterocycles. The normalized spacial score (nSPS) is 20.6. The zero-order valence-electron chi connectivity index (χ0n) is 10.6. The van der Waals surface area contributed by atoms with Crippen LogP contribution in [0.1, 0.15) is 13.3 Å². The molecule has 1 saturated heterocycles. The van der Waals surface area contributed by atoms with Crippen LogP contribution in [0.15, 0.2) is 18.7 Å². The van der Waals surface area contributed by atoms with Gasteiger partial charge in [-0.3, -0.25) is 0 Å². The first-order chi connectivity index (χ1) is 8.74. The maximum Gasteiger partial charge on any atom is 0.315 e. The van der Waals surface area contributed by atoms with Gasteiger partial charge >= 0.3 is 6.03 Å². The summed E-state index contributed by atoms with van der Waals surface area (Å²) in [4.78, 5) is 15.6. The Morgan fingerprint density at radius 1 is 1.67 bits per heavy atom. The topological polar surface area (TPSA) is 68.2 Å². The number of hydrogen-bond donors (Lipinski definition) is 2. The van der Waals surface area contributed by atoms with Gasteiger partial charge in [-0.15, -0.1) is 0 Å². The zero-order valence-corrected chi connectivity index (χ0v) is 10.6.